The number of hydrogen-bond donors (Lipinski definition) is 1. The molecule has 6 heteroatoms. The number of thioether (sulfide) groups is 1. The molecule has 2 nitrogen and oxygen atoms in total. The van der Waals surface area contributed by atoms with Gasteiger partial charge in [0.1, 0.15) is 5.75 Å². The van der Waals surface area contributed by atoms with Crippen molar-refractivity contribution in [2.24, 2.45) is 0 Å². The molecule has 0 aliphatic heterocycles. The Kier molecular flexibility index (Phi) is 5.87. The minimum Gasteiger partial charge on any atom is -0.496 e. The van der Waals surface area contributed by atoms with Gasteiger partial charge < -0.3 is 10.1 Å². The minimum absolute atomic E-state index is 0.542. The highest BCUT2D eigenvalue weighted by Gasteiger charge is 2.09. The summed E-state index contributed by atoms with van der Waals surface area (Å²) in [5.74, 6) is -1.67. The number of nitrogens with one attached hydrogen (secondary N) is 1. The lowest BCUT2D eigenvalue weighted by molar-refractivity contribution is 0.252. The lowest BCUT2D eigenvalue weighted by atomic mass is 10.2. The fourth-order valence-electron chi connectivity index (χ4n) is 1.83. The van der Waals surface area contributed by atoms with Crippen LogP contribution in [0, 0.1) is 0 Å². The monoisotopic (exact) mass is 373 g/mol. The van der Waals surface area contributed by atoms with Crippen molar-refractivity contribution in [3.63, 3.8) is 0 Å². The summed E-state index contributed by atoms with van der Waals surface area (Å²) in [6.07, 6.45) is 0. The number of anilines is 1. The van der Waals surface area contributed by atoms with Crippen LogP contribution in [0.4, 0.5) is 14.5 Å². The van der Waals surface area contributed by atoms with Crippen LogP contribution in [-0.4, -0.2) is 12.9 Å². The molecule has 112 valence electrons. The van der Waals surface area contributed by atoms with Crippen LogP contribution in [0.25, 0.3) is 0 Å². The van der Waals surface area contributed by atoms with E-state index in [1.807, 2.05) is 24.3 Å². The summed E-state index contributed by atoms with van der Waals surface area (Å²) in [6.45, 7) is 0.545. The van der Waals surface area contributed by atoms with Crippen molar-refractivity contribution in [1.82, 2.24) is 0 Å². The van der Waals surface area contributed by atoms with E-state index in [1.54, 1.807) is 25.3 Å². The van der Waals surface area contributed by atoms with E-state index < -0.39 is 5.76 Å². The van der Waals surface area contributed by atoms with Gasteiger partial charge in [0.25, 0.3) is 5.76 Å². The molecule has 0 aliphatic carbocycles. The molecule has 0 radical (unpaired) electrons. The van der Waals surface area contributed by atoms with Crippen LogP contribution in [0.2, 0.25) is 0 Å². The van der Waals surface area contributed by atoms with Crippen LogP contribution in [0.3, 0.4) is 0 Å². The number of benzene rings is 2. The second kappa shape index (κ2) is 7.66. The fraction of sp³-hybridized carbons (Fsp3) is 0.200. The van der Waals surface area contributed by atoms with Gasteiger partial charge in [-0.3, -0.25) is 0 Å². The maximum Gasteiger partial charge on any atom is 0.288 e. The molecule has 0 saturated heterocycles. The molecule has 0 aromatic heterocycles. The number of ether oxygens (including phenoxy) is 1. The molecule has 21 heavy (non-hydrogen) atoms. The molecular formula is C15H14BrF2NOS. The number of rotatable bonds is 6. The molecule has 0 bridgehead atoms. The highest BCUT2D eigenvalue weighted by atomic mass is 79.9. The lowest BCUT2D eigenvalue weighted by Gasteiger charge is -2.12. The van der Waals surface area contributed by atoms with Crippen molar-refractivity contribution >= 4 is 33.4 Å². The second-order valence-electron chi connectivity index (χ2n) is 4.20. The van der Waals surface area contributed by atoms with Crippen LogP contribution in [0.1, 0.15) is 5.56 Å². The normalized spacial score (nSPS) is 10.7. The number of para-hydroxylation sites is 1. The summed E-state index contributed by atoms with van der Waals surface area (Å²) >= 11 is 3.97. The SMILES string of the molecule is COc1ccc(CNc2ccccc2SC(F)F)cc1Br. The first kappa shape index (κ1) is 16.1. The summed E-state index contributed by atoms with van der Waals surface area (Å²) in [7, 11) is 1.61. The maximum absolute atomic E-state index is 12.5. The zero-order valence-electron chi connectivity index (χ0n) is 11.3. The maximum atomic E-state index is 12.5. The Hall–Kier alpha value is -1.27. The predicted octanol–water partition coefficient (Wildman–Crippen LogP) is 5.38. The molecule has 2 rings (SSSR count). The fourth-order valence-corrected chi connectivity index (χ4v) is 3.03. The van der Waals surface area contributed by atoms with Crippen molar-refractivity contribution in [3.05, 3.63) is 52.5 Å². The van der Waals surface area contributed by atoms with Crippen LogP contribution < -0.4 is 10.1 Å². The summed E-state index contributed by atoms with van der Waals surface area (Å²) < 4.78 is 31.1. The van der Waals surface area contributed by atoms with Gasteiger partial charge in [0.05, 0.1) is 11.6 Å². The van der Waals surface area contributed by atoms with E-state index in [2.05, 4.69) is 21.2 Å². The largest absolute Gasteiger partial charge is 0.496 e. The third kappa shape index (κ3) is 4.61. The van der Waals surface area contributed by atoms with Crippen molar-refractivity contribution in [1.29, 1.82) is 0 Å². The van der Waals surface area contributed by atoms with E-state index in [4.69, 9.17) is 4.74 Å². The number of halogens is 3. The zero-order valence-corrected chi connectivity index (χ0v) is 13.7. The van der Waals surface area contributed by atoms with Crippen LogP contribution >= 0.6 is 27.7 Å². The molecule has 0 saturated carbocycles. The molecular weight excluding hydrogens is 360 g/mol. The van der Waals surface area contributed by atoms with E-state index in [0.29, 0.717) is 28.9 Å². The van der Waals surface area contributed by atoms with Crippen LogP contribution in [0.5, 0.6) is 5.75 Å². The molecule has 1 N–H and O–H groups in total. The quantitative estimate of drug-likeness (QED) is 0.686. The first-order chi connectivity index (χ1) is 10.1. The van der Waals surface area contributed by atoms with Gasteiger partial charge in [0, 0.05) is 17.1 Å². The smallest absolute Gasteiger partial charge is 0.288 e. The van der Waals surface area contributed by atoms with Gasteiger partial charge >= 0.3 is 0 Å². The molecule has 2 aromatic rings. The van der Waals surface area contributed by atoms with Gasteiger partial charge in [0.2, 0.25) is 0 Å². The third-order valence-electron chi connectivity index (χ3n) is 2.80. The molecule has 2 aromatic carbocycles. The van der Waals surface area contributed by atoms with E-state index in [-0.39, 0.29) is 0 Å². The second-order valence-corrected chi connectivity index (χ2v) is 6.08. The Morgan fingerprint density at radius 1 is 1.24 bits per heavy atom. The predicted molar refractivity (Wildman–Crippen MR) is 86.3 cm³/mol. The van der Waals surface area contributed by atoms with Gasteiger partial charge in [-0.25, -0.2) is 0 Å². The van der Waals surface area contributed by atoms with Gasteiger partial charge in [-0.15, -0.1) is 0 Å². The van der Waals surface area contributed by atoms with Crippen molar-refractivity contribution in [2.75, 3.05) is 12.4 Å². The van der Waals surface area contributed by atoms with Gasteiger partial charge in [-0.2, -0.15) is 8.78 Å². The number of hydrogen-bond acceptors (Lipinski definition) is 3. The molecule has 0 fully saturated rings. The lowest BCUT2D eigenvalue weighted by Crippen LogP contribution is -2.01. The molecule has 0 heterocycles. The van der Waals surface area contributed by atoms with E-state index in [1.165, 1.54) is 0 Å². The summed E-state index contributed by atoms with van der Waals surface area (Å²) in [6, 6.07) is 12.8. The summed E-state index contributed by atoms with van der Waals surface area (Å²) in [5.41, 5.74) is 1.73. The topological polar surface area (TPSA) is 21.3 Å². The highest BCUT2D eigenvalue weighted by Crippen LogP contribution is 2.32. The summed E-state index contributed by atoms with van der Waals surface area (Å²) in [4.78, 5) is 0.542. The average Bonchev–Trinajstić information content (AvgIpc) is 2.46. The van der Waals surface area contributed by atoms with E-state index in [9.17, 15) is 8.78 Å². The first-order valence-electron chi connectivity index (χ1n) is 6.20. The minimum atomic E-state index is -2.43. The van der Waals surface area contributed by atoms with Gasteiger partial charge in [0.15, 0.2) is 0 Å². The Labute approximate surface area is 135 Å². The number of methoxy groups -OCH3 is 1. The zero-order chi connectivity index (χ0) is 15.2. The standard InChI is InChI=1S/C15H14BrF2NOS/c1-20-13-7-6-10(8-11(13)16)9-19-12-4-2-3-5-14(12)21-15(17)18/h2-8,15,19H,9H2,1H3. The molecule has 0 unspecified atom stereocenters. The Morgan fingerprint density at radius 3 is 2.67 bits per heavy atom. The summed E-state index contributed by atoms with van der Waals surface area (Å²) in [5, 5.41) is 3.18. The Morgan fingerprint density at radius 2 is 2.00 bits per heavy atom. The van der Waals surface area contributed by atoms with E-state index >= 15 is 0 Å². The molecule has 0 atom stereocenters. The Bertz CT molecular complexity index is 610. The Balaban J connectivity index is 2.08. The third-order valence-corrected chi connectivity index (χ3v) is 4.21. The molecule has 0 aliphatic rings. The van der Waals surface area contributed by atoms with Gasteiger partial charge in [-0.1, -0.05) is 30.0 Å². The first-order valence-corrected chi connectivity index (χ1v) is 7.87. The molecule has 0 spiro atoms. The van der Waals surface area contributed by atoms with E-state index in [0.717, 1.165) is 15.8 Å². The number of alkyl halides is 2. The molecule has 0 amide bonds. The van der Waals surface area contributed by atoms with Crippen molar-refractivity contribution < 1.29 is 13.5 Å². The van der Waals surface area contributed by atoms with Crippen LogP contribution in [0.15, 0.2) is 51.8 Å². The van der Waals surface area contributed by atoms with Gasteiger partial charge in [-0.05, 0) is 45.8 Å². The van der Waals surface area contributed by atoms with Crippen molar-refractivity contribution in [3.8, 4) is 5.75 Å². The highest BCUT2D eigenvalue weighted by molar-refractivity contribution is 9.10. The van der Waals surface area contributed by atoms with Crippen LogP contribution in [-0.2, 0) is 6.54 Å². The van der Waals surface area contributed by atoms with Crippen molar-refractivity contribution in [2.45, 2.75) is 17.2 Å². The average molecular weight is 374 g/mol.